The van der Waals surface area contributed by atoms with Gasteiger partial charge in [0.1, 0.15) is 0 Å². The molecule has 0 bridgehead atoms. The molecule has 0 heterocycles. The van der Waals surface area contributed by atoms with Crippen LogP contribution in [0, 0.1) is 0 Å². The lowest BCUT2D eigenvalue weighted by Crippen LogP contribution is -2.29. The maximum Gasteiger partial charge on any atom is 0.303 e. The molecule has 74 valence electrons. The number of carbonyl (C=O) groups is 1. The number of carboxylic acid groups (broad SMARTS) is 1. The summed E-state index contributed by atoms with van der Waals surface area (Å²) in [6, 6.07) is 0.475. The highest BCUT2D eigenvalue weighted by molar-refractivity contribution is 5.66. The molecule has 1 atom stereocenters. The van der Waals surface area contributed by atoms with Gasteiger partial charge in [-0.3, -0.25) is 4.79 Å². The second kappa shape index (κ2) is 5.75. The van der Waals surface area contributed by atoms with Crippen LogP contribution in [-0.2, 0) is 4.79 Å². The molecule has 0 saturated carbocycles. The minimum absolute atomic E-state index is 0.267. The van der Waals surface area contributed by atoms with E-state index in [1.807, 2.05) is 0 Å². The fourth-order valence-corrected chi connectivity index (χ4v) is 1.51. The predicted octanol–water partition coefficient (Wildman–Crippen LogP) is 1.55. The van der Waals surface area contributed by atoms with Crippen molar-refractivity contribution in [3.05, 3.63) is 12.2 Å². The second-order valence-electron chi connectivity index (χ2n) is 3.42. The minimum atomic E-state index is -0.707. The number of aliphatic carboxylic acids is 1. The molecule has 0 aromatic heterocycles. The quantitative estimate of drug-likeness (QED) is 0.502. The van der Waals surface area contributed by atoms with E-state index in [-0.39, 0.29) is 6.42 Å². The minimum Gasteiger partial charge on any atom is -0.481 e. The van der Waals surface area contributed by atoms with Crippen molar-refractivity contribution in [1.82, 2.24) is 5.32 Å². The topological polar surface area (TPSA) is 49.3 Å². The summed E-state index contributed by atoms with van der Waals surface area (Å²) in [4.78, 5) is 10.2. The first-order valence-corrected chi connectivity index (χ1v) is 4.91. The van der Waals surface area contributed by atoms with Gasteiger partial charge in [-0.25, -0.2) is 0 Å². The van der Waals surface area contributed by atoms with Crippen molar-refractivity contribution < 1.29 is 9.90 Å². The number of hydrogen-bond acceptors (Lipinski definition) is 2. The Morgan fingerprint density at radius 1 is 1.62 bits per heavy atom. The molecule has 0 fully saturated rings. The van der Waals surface area contributed by atoms with Crippen LogP contribution in [0.5, 0.6) is 0 Å². The molecular weight excluding hydrogens is 166 g/mol. The van der Waals surface area contributed by atoms with Crippen LogP contribution in [0.3, 0.4) is 0 Å². The SMILES string of the molecule is O=C(O)CCCNC1C=CCCC1. The Kier molecular flexibility index (Phi) is 4.54. The lowest BCUT2D eigenvalue weighted by molar-refractivity contribution is -0.137. The van der Waals surface area contributed by atoms with Gasteiger partial charge in [-0.2, -0.15) is 0 Å². The van der Waals surface area contributed by atoms with Crippen molar-refractivity contribution in [2.24, 2.45) is 0 Å². The van der Waals surface area contributed by atoms with E-state index in [0.717, 1.165) is 13.0 Å². The lowest BCUT2D eigenvalue weighted by Gasteiger charge is -2.17. The standard InChI is InChI=1S/C10H17NO2/c12-10(13)7-4-8-11-9-5-2-1-3-6-9/h2,5,9,11H,1,3-4,6-8H2,(H,12,13). The van der Waals surface area contributed by atoms with Crippen LogP contribution in [0.15, 0.2) is 12.2 Å². The van der Waals surface area contributed by atoms with E-state index in [0.29, 0.717) is 6.04 Å². The summed E-state index contributed by atoms with van der Waals surface area (Å²) in [7, 11) is 0. The Hall–Kier alpha value is -0.830. The van der Waals surface area contributed by atoms with Crippen LogP contribution in [0.25, 0.3) is 0 Å². The first-order chi connectivity index (χ1) is 6.29. The molecule has 1 aliphatic carbocycles. The molecule has 13 heavy (non-hydrogen) atoms. The number of hydrogen-bond donors (Lipinski definition) is 2. The Morgan fingerprint density at radius 3 is 3.08 bits per heavy atom. The van der Waals surface area contributed by atoms with Gasteiger partial charge in [0, 0.05) is 12.5 Å². The van der Waals surface area contributed by atoms with E-state index in [9.17, 15) is 4.79 Å². The molecule has 3 heteroatoms. The molecule has 0 aliphatic heterocycles. The van der Waals surface area contributed by atoms with Gasteiger partial charge in [0.25, 0.3) is 0 Å². The number of allylic oxidation sites excluding steroid dienone is 1. The van der Waals surface area contributed by atoms with Crippen LogP contribution < -0.4 is 5.32 Å². The van der Waals surface area contributed by atoms with E-state index < -0.39 is 5.97 Å². The summed E-state index contributed by atoms with van der Waals surface area (Å²) in [6.07, 6.45) is 8.98. The monoisotopic (exact) mass is 183 g/mol. The van der Waals surface area contributed by atoms with E-state index in [1.165, 1.54) is 19.3 Å². The summed E-state index contributed by atoms with van der Waals surface area (Å²) in [5.41, 5.74) is 0. The zero-order chi connectivity index (χ0) is 9.52. The van der Waals surface area contributed by atoms with Crippen LogP contribution in [-0.4, -0.2) is 23.7 Å². The van der Waals surface area contributed by atoms with Crippen molar-refractivity contribution in [2.45, 2.75) is 38.1 Å². The van der Waals surface area contributed by atoms with Crippen LogP contribution in [0.2, 0.25) is 0 Å². The maximum atomic E-state index is 10.2. The largest absolute Gasteiger partial charge is 0.481 e. The van der Waals surface area contributed by atoms with E-state index in [2.05, 4.69) is 17.5 Å². The van der Waals surface area contributed by atoms with E-state index in [4.69, 9.17) is 5.11 Å². The molecule has 0 aromatic carbocycles. The maximum absolute atomic E-state index is 10.2. The van der Waals surface area contributed by atoms with Gasteiger partial charge in [0.15, 0.2) is 0 Å². The third-order valence-electron chi connectivity index (χ3n) is 2.23. The first kappa shape index (κ1) is 10.3. The van der Waals surface area contributed by atoms with Gasteiger partial charge in [-0.1, -0.05) is 12.2 Å². The average molecular weight is 183 g/mol. The summed E-state index contributed by atoms with van der Waals surface area (Å²) in [6.45, 7) is 0.807. The highest BCUT2D eigenvalue weighted by Gasteiger charge is 2.06. The lowest BCUT2D eigenvalue weighted by atomic mass is 10.0. The zero-order valence-electron chi connectivity index (χ0n) is 7.83. The Labute approximate surface area is 78.8 Å². The third kappa shape index (κ3) is 4.68. The summed E-state index contributed by atoms with van der Waals surface area (Å²) in [5, 5.41) is 11.7. The highest BCUT2D eigenvalue weighted by Crippen LogP contribution is 2.09. The molecule has 1 aliphatic rings. The van der Waals surface area contributed by atoms with Gasteiger partial charge in [-0.05, 0) is 32.2 Å². The van der Waals surface area contributed by atoms with Gasteiger partial charge in [0.05, 0.1) is 0 Å². The Bertz CT molecular complexity index is 189. The van der Waals surface area contributed by atoms with Crippen molar-refractivity contribution in [1.29, 1.82) is 0 Å². The summed E-state index contributed by atoms with van der Waals surface area (Å²) < 4.78 is 0. The molecule has 0 aromatic rings. The number of rotatable bonds is 5. The molecule has 2 N–H and O–H groups in total. The normalized spacial score (nSPS) is 21.7. The van der Waals surface area contributed by atoms with Crippen LogP contribution >= 0.6 is 0 Å². The predicted molar refractivity (Wildman–Crippen MR) is 51.7 cm³/mol. The summed E-state index contributed by atoms with van der Waals surface area (Å²) in [5.74, 6) is -0.707. The summed E-state index contributed by atoms with van der Waals surface area (Å²) >= 11 is 0. The molecule has 3 nitrogen and oxygen atoms in total. The van der Waals surface area contributed by atoms with Gasteiger partial charge >= 0.3 is 5.97 Å². The van der Waals surface area contributed by atoms with E-state index >= 15 is 0 Å². The molecule has 1 unspecified atom stereocenters. The molecule has 1 rings (SSSR count). The van der Waals surface area contributed by atoms with Gasteiger partial charge < -0.3 is 10.4 Å². The molecule has 0 radical (unpaired) electrons. The highest BCUT2D eigenvalue weighted by atomic mass is 16.4. The molecule has 0 amide bonds. The van der Waals surface area contributed by atoms with E-state index in [1.54, 1.807) is 0 Å². The molecule has 0 spiro atoms. The first-order valence-electron chi connectivity index (χ1n) is 4.91. The van der Waals surface area contributed by atoms with Crippen molar-refractivity contribution in [3.63, 3.8) is 0 Å². The number of nitrogens with one attached hydrogen (secondary N) is 1. The van der Waals surface area contributed by atoms with Crippen LogP contribution in [0.1, 0.15) is 32.1 Å². The fourth-order valence-electron chi connectivity index (χ4n) is 1.51. The van der Waals surface area contributed by atoms with Gasteiger partial charge in [0.2, 0.25) is 0 Å². The zero-order valence-corrected chi connectivity index (χ0v) is 7.83. The second-order valence-corrected chi connectivity index (χ2v) is 3.42. The average Bonchev–Trinajstić information content (AvgIpc) is 2.14. The van der Waals surface area contributed by atoms with Crippen molar-refractivity contribution in [2.75, 3.05) is 6.54 Å². The van der Waals surface area contributed by atoms with Crippen LogP contribution in [0.4, 0.5) is 0 Å². The smallest absolute Gasteiger partial charge is 0.303 e. The molecule has 0 saturated heterocycles. The Balaban J connectivity index is 2.01. The number of carboxylic acids is 1. The third-order valence-corrected chi connectivity index (χ3v) is 2.23. The Morgan fingerprint density at radius 2 is 2.46 bits per heavy atom. The van der Waals surface area contributed by atoms with Crippen molar-refractivity contribution >= 4 is 5.97 Å². The van der Waals surface area contributed by atoms with Gasteiger partial charge in [-0.15, -0.1) is 0 Å². The van der Waals surface area contributed by atoms with Crippen molar-refractivity contribution in [3.8, 4) is 0 Å². The fraction of sp³-hybridized carbons (Fsp3) is 0.700. The molecular formula is C10H17NO2.